The third-order valence-electron chi connectivity index (χ3n) is 5.23. The number of furan rings is 1. The van der Waals surface area contributed by atoms with Crippen molar-refractivity contribution >= 4 is 11.7 Å². The van der Waals surface area contributed by atoms with Gasteiger partial charge in [0.25, 0.3) is 5.89 Å². The molecule has 0 aliphatic carbocycles. The number of hydrogen-bond acceptors (Lipinski definition) is 8. The van der Waals surface area contributed by atoms with E-state index in [2.05, 4.69) is 10.1 Å². The first-order valence-electron chi connectivity index (χ1n) is 11.2. The Morgan fingerprint density at radius 1 is 0.971 bits per heavy atom. The minimum atomic E-state index is -0.290. The molecule has 2 aromatic carbocycles. The number of aromatic nitrogens is 1. The number of ether oxygens (including phenoxy) is 2. The van der Waals surface area contributed by atoms with Gasteiger partial charge in [-0.25, -0.2) is 4.98 Å². The molecular formula is C27H26N2O6. The van der Waals surface area contributed by atoms with Crippen LogP contribution in [0.15, 0.2) is 87.0 Å². The van der Waals surface area contributed by atoms with Crippen molar-refractivity contribution in [3.05, 3.63) is 95.6 Å². The molecule has 4 aromatic rings. The lowest BCUT2D eigenvalue weighted by Gasteiger charge is -2.08. The molecule has 0 atom stereocenters. The summed E-state index contributed by atoms with van der Waals surface area (Å²) >= 11 is 0. The molecule has 0 N–H and O–H groups in total. The molecule has 2 heterocycles. The van der Waals surface area contributed by atoms with Gasteiger partial charge in [0.2, 0.25) is 0 Å². The zero-order chi connectivity index (χ0) is 24.5. The van der Waals surface area contributed by atoms with Crippen LogP contribution in [0.25, 0.3) is 11.7 Å². The Labute approximate surface area is 203 Å². The highest BCUT2D eigenvalue weighted by Gasteiger charge is 2.14. The van der Waals surface area contributed by atoms with E-state index >= 15 is 0 Å². The fourth-order valence-corrected chi connectivity index (χ4v) is 3.28. The van der Waals surface area contributed by atoms with E-state index in [0.29, 0.717) is 41.0 Å². The Morgan fingerprint density at radius 3 is 2.49 bits per heavy atom. The molecule has 180 valence electrons. The van der Waals surface area contributed by atoms with Crippen molar-refractivity contribution in [1.29, 1.82) is 0 Å². The van der Waals surface area contributed by atoms with Gasteiger partial charge in [-0.05, 0) is 42.3 Å². The van der Waals surface area contributed by atoms with Crippen LogP contribution in [0, 0.1) is 6.92 Å². The number of oxazole rings is 1. The van der Waals surface area contributed by atoms with Crippen molar-refractivity contribution in [3.63, 3.8) is 0 Å². The summed E-state index contributed by atoms with van der Waals surface area (Å²) in [5.41, 5.74) is 3.23. The first kappa shape index (κ1) is 23.8. The van der Waals surface area contributed by atoms with Gasteiger partial charge in [0.1, 0.15) is 30.4 Å². The zero-order valence-electron chi connectivity index (χ0n) is 19.6. The van der Waals surface area contributed by atoms with Gasteiger partial charge in [0, 0.05) is 6.42 Å². The molecule has 0 aliphatic heterocycles. The second kappa shape index (κ2) is 11.7. The summed E-state index contributed by atoms with van der Waals surface area (Å²) in [5.74, 6) is 2.10. The molecule has 8 heteroatoms. The second-order valence-corrected chi connectivity index (χ2v) is 7.69. The Bertz CT molecular complexity index is 1240. The molecule has 0 amide bonds. The average molecular weight is 475 g/mol. The molecule has 0 radical (unpaired) electrons. The molecular weight excluding hydrogens is 448 g/mol. The molecule has 0 fully saturated rings. The van der Waals surface area contributed by atoms with E-state index in [0.717, 1.165) is 11.1 Å². The summed E-state index contributed by atoms with van der Waals surface area (Å²) in [5, 5.41) is 4.28. The van der Waals surface area contributed by atoms with Crippen LogP contribution in [0.3, 0.4) is 0 Å². The maximum atomic E-state index is 11.5. The third-order valence-corrected chi connectivity index (χ3v) is 5.23. The molecule has 0 bridgehead atoms. The van der Waals surface area contributed by atoms with Gasteiger partial charge >= 0.3 is 5.97 Å². The number of esters is 1. The summed E-state index contributed by atoms with van der Waals surface area (Å²) in [7, 11) is 1.37. The minimum Gasteiger partial charge on any atom is -0.487 e. The lowest BCUT2D eigenvalue weighted by atomic mass is 10.1. The highest BCUT2D eigenvalue weighted by Crippen LogP contribution is 2.23. The van der Waals surface area contributed by atoms with E-state index in [-0.39, 0.29) is 25.6 Å². The average Bonchev–Trinajstić information content (AvgIpc) is 3.56. The number of benzene rings is 2. The summed E-state index contributed by atoms with van der Waals surface area (Å²) in [6.45, 7) is 2.40. The Morgan fingerprint density at radius 2 is 1.77 bits per heavy atom. The molecule has 8 nitrogen and oxygen atoms in total. The number of carbonyl (C=O) groups is 1. The minimum absolute atomic E-state index is 0.230. The predicted molar refractivity (Wildman–Crippen MR) is 129 cm³/mol. The van der Waals surface area contributed by atoms with Crippen LogP contribution in [0.2, 0.25) is 0 Å². The SMILES string of the molecule is COC(=O)CC/C(=N/OCc1ccc(OCc2nc(-c3ccco3)oc2C)cc1)c1ccccc1. The highest BCUT2D eigenvalue weighted by atomic mass is 16.6. The number of carbonyl (C=O) groups excluding carboxylic acids is 1. The van der Waals surface area contributed by atoms with Gasteiger partial charge in [0.15, 0.2) is 5.76 Å². The first-order valence-corrected chi connectivity index (χ1v) is 11.2. The van der Waals surface area contributed by atoms with Crippen molar-refractivity contribution in [2.24, 2.45) is 5.16 Å². The molecule has 0 spiro atoms. The van der Waals surface area contributed by atoms with E-state index in [1.54, 1.807) is 18.4 Å². The quantitative estimate of drug-likeness (QED) is 0.156. The fourth-order valence-electron chi connectivity index (χ4n) is 3.28. The number of methoxy groups -OCH3 is 1. The van der Waals surface area contributed by atoms with Crippen LogP contribution in [0.4, 0.5) is 0 Å². The lowest BCUT2D eigenvalue weighted by molar-refractivity contribution is -0.140. The van der Waals surface area contributed by atoms with Gasteiger partial charge in [-0.1, -0.05) is 47.6 Å². The van der Waals surface area contributed by atoms with Crippen LogP contribution >= 0.6 is 0 Å². The van der Waals surface area contributed by atoms with Crippen molar-refractivity contribution < 1.29 is 27.9 Å². The standard InChI is InChI=1S/C27H26N2O6/c1-19-24(28-27(35-19)25-9-6-16-32-25)18-33-22-12-10-20(11-13-22)17-34-29-23(14-15-26(30)31-2)21-7-4-3-5-8-21/h3-13,16H,14-15,17-18H2,1-2H3/b29-23-. The monoisotopic (exact) mass is 474 g/mol. The van der Waals surface area contributed by atoms with E-state index in [9.17, 15) is 4.79 Å². The highest BCUT2D eigenvalue weighted by molar-refractivity contribution is 6.01. The largest absolute Gasteiger partial charge is 0.487 e. The number of rotatable bonds is 11. The Kier molecular flexibility index (Phi) is 7.96. The van der Waals surface area contributed by atoms with Crippen molar-refractivity contribution in [1.82, 2.24) is 4.98 Å². The number of oxime groups is 1. The van der Waals surface area contributed by atoms with E-state index in [4.69, 9.17) is 23.1 Å². The van der Waals surface area contributed by atoms with Gasteiger partial charge in [-0.3, -0.25) is 4.79 Å². The lowest BCUT2D eigenvalue weighted by Crippen LogP contribution is -2.08. The van der Waals surface area contributed by atoms with Gasteiger partial charge < -0.3 is 23.1 Å². The second-order valence-electron chi connectivity index (χ2n) is 7.69. The van der Waals surface area contributed by atoms with Gasteiger partial charge in [-0.2, -0.15) is 0 Å². The maximum absolute atomic E-state index is 11.5. The van der Waals surface area contributed by atoms with Crippen LogP contribution in [-0.2, 0) is 27.6 Å². The fraction of sp³-hybridized carbons (Fsp3) is 0.222. The van der Waals surface area contributed by atoms with Crippen LogP contribution in [-0.4, -0.2) is 23.8 Å². The summed E-state index contributed by atoms with van der Waals surface area (Å²) < 4.78 is 21.6. The van der Waals surface area contributed by atoms with E-state index < -0.39 is 0 Å². The molecule has 0 saturated heterocycles. The molecule has 0 aliphatic rings. The molecule has 0 saturated carbocycles. The van der Waals surface area contributed by atoms with Crippen LogP contribution < -0.4 is 4.74 Å². The molecule has 4 rings (SSSR count). The number of hydrogen-bond donors (Lipinski definition) is 0. The normalized spacial score (nSPS) is 11.3. The first-order chi connectivity index (χ1) is 17.1. The predicted octanol–water partition coefficient (Wildman–Crippen LogP) is 5.70. The third kappa shape index (κ3) is 6.60. The molecule has 35 heavy (non-hydrogen) atoms. The summed E-state index contributed by atoms with van der Waals surface area (Å²) in [6, 6.07) is 20.7. The Hall–Kier alpha value is -4.33. The van der Waals surface area contributed by atoms with Crippen molar-refractivity contribution in [2.75, 3.05) is 7.11 Å². The van der Waals surface area contributed by atoms with E-state index in [1.807, 2.05) is 61.5 Å². The smallest absolute Gasteiger partial charge is 0.305 e. The van der Waals surface area contributed by atoms with Crippen molar-refractivity contribution in [2.45, 2.75) is 33.0 Å². The van der Waals surface area contributed by atoms with Gasteiger partial charge in [-0.15, -0.1) is 0 Å². The van der Waals surface area contributed by atoms with E-state index in [1.165, 1.54) is 7.11 Å². The van der Waals surface area contributed by atoms with Crippen LogP contribution in [0.1, 0.15) is 35.4 Å². The number of aryl methyl sites for hydroxylation is 1. The zero-order valence-corrected chi connectivity index (χ0v) is 19.6. The maximum Gasteiger partial charge on any atom is 0.305 e. The number of nitrogens with zero attached hydrogens (tertiary/aromatic N) is 2. The summed E-state index contributed by atoms with van der Waals surface area (Å²) in [4.78, 5) is 21.6. The van der Waals surface area contributed by atoms with Gasteiger partial charge in [0.05, 0.1) is 25.5 Å². The summed E-state index contributed by atoms with van der Waals surface area (Å²) in [6.07, 6.45) is 2.23. The Balaban J connectivity index is 1.32. The van der Waals surface area contributed by atoms with Crippen molar-refractivity contribution in [3.8, 4) is 17.4 Å². The topological polar surface area (TPSA) is 96.3 Å². The molecule has 2 aromatic heterocycles. The molecule has 0 unspecified atom stereocenters. The van der Waals surface area contributed by atoms with Crippen LogP contribution in [0.5, 0.6) is 5.75 Å².